The molecule has 3 aromatic heterocycles. The van der Waals surface area contributed by atoms with Crippen LogP contribution in [0.5, 0.6) is 5.75 Å². The van der Waals surface area contributed by atoms with Crippen molar-refractivity contribution in [3.8, 4) is 11.4 Å². The minimum absolute atomic E-state index is 0.181. The van der Waals surface area contributed by atoms with Crippen molar-refractivity contribution in [1.82, 2.24) is 34.6 Å². The zero-order chi connectivity index (χ0) is 36.6. The molecular formula is C40H50FN9O2. The molecule has 2 amide bonds. The van der Waals surface area contributed by atoms with E-state index in [9.17, 15) is 9.18 Å². The molecular weight excluding hydrogens is 657 g/mol. The molecule has 274 valence electrons. The van der Waals surface area contributed by atoms with Gasteiger partial charge >= 0.3 is 6.03 Å². The number of fused-ring (bicyclic) bond motifs is 2. The summed E-state index contributed by atoms with van der Waals surface area (Å²) < 4.78 is 25.2. The number of likely N-dealkylation sites (N-methyl/N-ethyl adjacent to an activating group) is 1. The third kappa shape index (κ3) is 7.48. The quantitative estimate of drug-likeness (QED) is 0.163. The lowest BCUT2D eigenvalue weighted by molar-refractivity contribution is 0.171. The van der Waals surface area contributed by atoms with Crippen molar-refractivity contribution in [2.45, 2.75) is 89.8 Å². The number of pyridine rings is 1. The van der Waals surface area contributed by atoms with Crippen molar-refractivity contribution in [2.75, 3.05) is 37.4 Å². The van der Waals surface area contributed by atoms with Crippen molar-refractivity contribution in [3.05, 3.63) is 95.1 Å². The summed E-state index contributed by atoms with van der Waals surface area (Å²) in [6.07, 6.45) is 7.31. The minimum atomic E-state index is -0.340. The molecule has 1 aliphatic heterocycles. The number of carbonyl (C=O) groups excluding carboxylic acids is 1. The molecule has 1 saturated heterocycles. The first-order valence-electron chi connectivity index (χ1n) is 18.4. The minimum Gasteiger partial charge on any atom is -0.484 e. The van der Waals surface area contributed by atoms with Gasteiger partial charge in [0.25, 0.3) is 0 Å². The standard InChI is InChI=1S/C40H50FN9O2/c1-26-11-9-10-21-48(26)39-45-44-36-19-15-29(25-49(36)39)52-34-18-17-33(30-12-7-8-13-31(30)34)42-38(51)43-37-24-35(40(2,3)4)46-50(37)28-14-16-32(41)27(23-28)20-22-47(5)6/h7-8,12-16,19,23-26,33-34H,9-11,17-18,20-22H2,1-6H3,(H2,42,43,51)/t26?,33-,34+/m0/s1. The van der Waals surface area contributed by atoms with Gasteiger partial charge in [-0.1, -0.05) is 45.0 Å². The van der Waals surface area contributed by atoms with Crippen molar-refractivity contribution in [3.63, 3.8) is 0 Å². The molecule has 7 rings (SSSR count). The van der Waals surface area contributed by atoms with Gasteiger partial charge in [0, 0.05) is 30.6 Å². The number of urea groups is 1. The highest BCUT2D eigenvalue weighted by atomic mass is 19.1. The lowest BCUT2D eigenvalue weighted by Crippen LogP contribution is -2.38. The van der Waals surface area contributed by atoms with Crippen LogP contribution in [0.25, 0.3) is 11.3 Å². The molecule has 52 heavy (non-hydrogen) atoms. The van der Waals surface area contributed by atoms with Gasteiger partial charge in [-0.25, -0.2) is 13.9 Å². The fourth-order valence-corrected chi connectivity index (χ4v) is 7.28. The summed E-state index contributed by atoms with van der Waals surface area (Å²) >= 11 is 0. The largest absolute Gasteiger partial charge is 0.484 e. The van der Waals surface area contributed by atoms with Crippen LogP contribution in [0.2, 0.25) is 0 Å². The van der Waals surface area contributed by atoms with Crippen molar-refractivity contribution >= 4 is 23.4 Å². The van der Waals surface area contributed by atoms with Crippen LogP contribution < -0.4 is 20.3 Å². The van der Waals surface area contributed by atoms with E-state index in [-0.39, 0.29) is 29.4 Å². The number of hydrogen-bond donors (Lipinski definition) is 2. The lowest BCUT2D eigenvalue weighted by Gasteiger charge is -2.33. The highest BCUT2D eigenvalue weighted by Gasteiger charge is 2.31. The SMILES string of the molecule is CC1CCCCN1c1nnc2ccc(O[C@@H]3CC[C@H](NC(=O)Nc4cc(C(C)(C)C)nn4-c4ccc(F)c(CCN(C)C)c4)c4ccccc43)cn12. The van der Waals surface area contributed by atoms with E-state index in [0.717, 1.165) is 60.0 Å². The van der Waals surface area contributed by atoms with E-state index < -0.39 is 0 Å². The van der Waals surface area contributed by atoms with Crippen LogP contribution in [0.4, 0.5) is 21.0 Å². The Labute approximate surface area is 305 Å². The molecule has 1 fully saturated rings. The lowest BCUT2D eigenvalue weighted by atomic mass is 9.85. The number of halogens is 1. The van der Waals surface area contributed by atoms with Gasteiger partial charge in [0.15, 0.2) is 5.65 Å². The molecule has 2 aliphatic rings. The maximum Gasteiger partial charge on any atom is 0.320 e. The predicted molar refractivity (Wildman–Crippen MR) is 202 cm³/mol. The van der Waals surface area contributed by atoms with Crippen LogP contribution >= 0.6 is 0 Å². The Bertz CT molecular complexity index is 2050. The number of piperidine rings is 1. The van der Waals surface area contributed by atoms with E-state index in [1.165, 1.54) is 12.5 Å². The molecule has 5 aromatic rings. The summed E-state index contributed by atoms with van der Waals surface area (Å²) in [7, 11) is 3.93. The van der Waals surface area contributed by atoms with Gasteiger partial charge in [0.05, 0.1) is 23.6 Å². The van der Waals surface area contributed by atoms with E-state index in [4.69, 9.17) is 9.84 Å². The Balaban J connectivity index is 1.09. The van der Waals surface area contributed by atoms with E-state index >= 15 is 0 Å². The van der Waals surface area contributed by atoms with Gasteiger partial charge in [-0.05, 0) is 107 Å². The Kier molecular flexibility index (Phi) is 9.93. The number of nitrogens with one attached hydrogen (secondary N) is 2. The Morgan fingerprint density at radius 1 is 1.00 bits per heavy atom. The first-order valence-corrected chi connectivity index (χ1v) is 18.4. The summed E-state index contributed by atoms with van der Waals surface area (Å²) in [6.45, 7) is 10.2. The zero-order valence-electron chi connectivity index (χ0n) is 31.1. The second-order valence-electron chi connectivity index (χ2n) is 15.5. The van der Waals surface area contributed by atoms with Gasteiger partial charge in [0.2, 0.25) is 5.95 Å². The molecule has 2 N–H and O–H groups in total. The topological polar surface area (TPSA) is 105 Å². The maximum absolute atomic E-state index is 14.8. The molecule has 0 radical (unpaired) electrons. The second kappa shape index (κ2) is 14.6. The monoisotopic (exact) mass is 707 g/mol. The van der Waals surface area contributed by atoms with Crippen molar-refractivity contribution < 1.29 is 13.9 Å². The average Bonchev–Trinajstić information content (AvgIpc) is 3.74. The normalized spacial score (nSPS) is 19.2. The fraction of sp³-hybridized carbons (Fsp3) is 0.450. The first-order chi connectivity index (χ1) is 24.9. The second-order valence-corrected chi connectivity index (χ2v) is 15.5. The van der Waals surface area contributed by atoms with E-state index in [1.54, 1.807) is 10.7 Å². The fourth-order valence-electron chi connectivity index (χ4n) is 7.28. The van der Waals surface area contributed by atoms with Gasteiger partial charge in [-0.15, -0.1) is 10.2 Å². The molecule has 1 unspecified atom stereocenters. The Morgan fingerprint density at radius 3 is 2.58 bits per heavy atom. The number of ether oxygens (including phenoxy) is 1. The molecule has 3 atom stereocenters. The van der Waals surface area contributed by atoms with Gasteiger partial charge in [-0.2, -0.15) is 5.10 Å². The number of carbonyl (C=O) groups is 1. The van der Waals surface area contributed by atoms with Crippen LogP contribution in [0, 0.1) is 5.82 Å². The van der Waals surface area contributed by atoms with Crippen molar-refractivity contribution in [2.24, 2.45) is 0 Å². The summed E-state index contributed by atoms with van der Waals surface area (Å²) in [5.41, 5.74) is 4.69. The number of hydrogen-bond acceptors (Lipinski definition) is 7. The van der Waals surface area contributed by atoms with E-state index in [0.29, 0.717) is 42.5 Å². The average molecular weight is 708 g/mol. The van der Waals surface area contributed by atoms with Gasteiger partial charge < -0.3 is 19.9 Å². The number of rotatable bonds is 9. The molecule has 0 bridgehead atoms. The third-order valence-corrected chi connectivity index (χ3v) is 10.3. The van der Waals surface area contributed by atoms with Gasteiger partial charge in [0.1, 0.15) is 23.5 Å². The Hall–Kier alpha value is -4.97. The summed E-state index contributed by atoms with van der Waals surface area (Å²) in [4.78, 5) is 18.1. The number of benzene rings is 2. The number of aromatic nitrogens is 5. The zero-order valence-corrected chi connectivity index (χ0v) is 31.1. The molecule has 4 heterocycles. The molecule has 0 saturated carbocycles. The van der Waals surface area contributed by atoms with E-state index in [2.05, 4.69) is 65.6 Å². The molecule has 12 heteroatoms. The molecule has 0 spiro atoms. The number of amides is 2. The van der Waals surface area contributed by atoms with Crippen LogP contribution in [0.15, 0.2) is 66.9 Å². The van der Waals surface area contributed by atoms with Gasteiger partial charge in [-0.3, -0.25) is 9.72 Å². The van der Waals surface area contributed by atoms with Crippen LogP contribution in [0.1, 0.15) is 94.3 Å². The van der Waals surface area contributed by atoms with Crippen LogP contribution in [0.3, 0.4) is 0 Å². The Morgan fingerprint density at radius 2 is 1.81 bits per heavy atom. The predicted octanol–water partition coefficient (Wildman–Crippen LogP) is 7.61. The van der Waals surface area contributed by atoms with E-state index in [1.807, 2.05) is 66.0 Å². The highest BCUT2D eigenvalue weighted by molar-refractivity contribution is 5.89. The van der Waals surface area contributed by atoms with Crippen LogP contribution in [-0.2, 0) is 11.8 Å². The highest BCUT2D eigenvalue weighted by Crippen LogP contribution is 2.39. The third-order valence-electron chi connectivity index (χ3n) is 10.3. The number of anilines is 2. The molecule has 2 aromatic carbocycles. The number of nitrogens with zero attached hydrogens (tertiary/aromatic N) is 7. The first kappa shape index (κ1) is 35.4. The maximum atomic E-state index is 14.8. The summed E-state index contributed by atoms with van der Waals surface area (Å²) in [5.74, 6) is 1.86. The smallest absolute Gasteiger partial charge is 0.320 e. The molecule has 11 nitrogen and oxygen atoms in total. The summed E-state index contributed by atoms with van der Waals surface area (Å²) in [5, 5.41) is 20.1. The summed E-state index contributed by atoms with van der Waals surface area (Å²) in [6, 6.07) is 18.8. The molecule has 1 aliphatic carbocycles. The van der Waals surface area contributed by atoms with Crippen LogP contribution in [-0.4, -0.2) is 68.5 Å². The van der Waals surface area contributed by atoms with Crippen molar-refractivity contribution in [1.29, 1.82) is 0 Å².